The summed E-state index contributed by atoms with van der Waals surface area (Å²) in [5, 5.41) is 0. The Morgan fingerprint density at radius 3 is 1.63 bits per heavy atom. The van der Waals surface area contributed by atoms with Crippen LogP contribution in [0.25, 0.3) is 0 Å². The third-order valence-corrected chi connectivity index (χ3v) is 11.9. The fourth-order valence-corrected chi connectivity index (χ4v) is 7.70. The highest BCUT2D eigenvalue weighted by atomic mass is 31.2. The predicted octanol–water partition coefficient (Wildman–Crippen LogP) is 12.9. The zero-order valence-electron chi connectivity index (χ0n) is 38.7. The van der Waals surface area contributed by atoms with Gasteiger partial charge in [-0.25, -0.2) is 4.57 Å². The molecule has 0 amide bonds. The topological polar surface area (TPSA) is 121 Å². The summed E-state index contributed by atoms with van der Waals surface area (Å²) in [7, 11) is 1.46. The van der Waals surface area contributed by atoms with Gasteiger partial charge in [0.05, 0.1) is 40.0 Å². The first kappa shape index (κ1) is 55.5. The number of phosphoric acid groups is 1. The lowest BCUT2D eigenvalue weighted by Crippen LogP contribution is -2.37. The molecule has 1 N–H and O–H groups in total. The number of nitrogens with zero attached hydrogens (tertiary/aromatic N) is 1. The van der Waals surface area contributed by atoms with Crippen molar-refractivity contribution < 1.29 is 46.8 Å². The van der Waals surface area contributed by atoms with Gasteiger partial charge in [0.2, 0.25) is 0 Å². The van der Waals surface area contributed by atoms with Crippen molar-refractivity contribution in [3.05, 3.63) is 24.3 Å². The number of carbonyl (C=O) groups is 2. The zero-order chi connectivity index (χ0) is 43.3. The van der Waals surface area contributed by atoms with Crippen LogP contribution in [0.3, 0.4) is 0 Å². The second kappa shape index (κ2) is 37.0. The van der Waals surface area contributed by atoms with Gasteiger partial charge >= 0.3 is 19.8 Å². The first-order valence-electron chi connectivity index (χ1n) is 24.2. The molecule has 1 rings (SSSR count). The van der Waals surface area contributed by atoms with Gasteiger partial charge in [-0.1, -0.05) is 154 Å². The summed E-state index contributed by atoms with van der Waals surface area (Å²) in [4.78, 5) is 35.5. The minimum atomic E-state index is -4.38. The highest BCUT2D eigenvalue weighted by Crippen LogP contribution is 2.43. The fraction of sp³-hybridized carbons (Fsp3) is 0.875. The molecule has 1 heterocycles. The van der Waals surface area contributed by atoms with Gasteiger partial charge in [-0.2, -0.15) is 0 Å². The van der Waals surface area contributed by atoms with Gasteiger partial charge in [0.25, 0.3) is 0 Å². The molecule has 4 atom stereocenters. The monoisotopic (exact) mass is 857 g/mol. The van der Waals surface area contributed by atoms with Crippen LogP contribution < -0.4 is 0 Å². The largest absolute Gasteiger partial charge is 0.472 e. The Balaban J connectivity index is 2.23. The number of ether oxygens (including phenoxy) is 3. The molecule has 0 aliphatic carbocycles. The van der Waals surface area contributed by atoms with E-state index in [-0.39, 0.29) is 32.0 Å². The molecule has 1 saturated heterocycles. The van der Waals surface area contributed by atoms with Gasteiger partial charge in [0.1, 0.15) is 19.8 Å². The lowest BCUT2D eigenvalue weighted by atomic mass is 10.1. The number of epoxide rings is 1. The van der Waals surface area contributed by atoms with E-state index < -0.39 is 26.5 Å². The van der Waals surface area contributed by atoms with E-state index in [0.717, 1.165) is 64.2 Å². The Kier molecular flexibility index (Phi) is 34.8. The average Bonchev–Trinajstić information content (AvgIpc) is 3.94. The number of rotatable bonds is 43. The second-order valence-corrected chi connectivity index (χ2v) is 19.3. The van der Waals surface area contributed by atoms with E-state index in [2.05, 4.69) is 38.2 Å². The van der Waals surface area contributed by atoms with E-state index >= 15 is 0 Å². The normalized spacial score (nSPS) is 17.1. The first-order valence-corrected chi connectivity index (χ1v) is 25.7. The number of esters is 2. The van der Waals surface area contributed by atoms with Crippen molar-refractivity contribution in [2.75, 3.05) is 47.5 Å². The summed E-state index contributed by atoms with van der Waals surface area (Å²) in [5.41, 5.74) is 0. The molecule has 0 aromatic carbocycles. The fourth-order valence-electron chi connectivity index (χ4n) is 6.96. The van der Waals surface area contributed by atoms with Crippen molar-refractivity contribution >= 4 is 19.8 Å². The molecule has 0 saturated carbocycles. The summed E-state index contributed by atoms with van der Waals surface area (Å²) >= 11 is 0. The molecular weight excluding hydrogens is 766 g/mol. The molecule has 1 aliphatic rings. The van der Waals surface area contributed by atoms with E-state index in [1.807, 2.05) is 21.1 Å². The number of hydrogen-bond acceptors (Lipinski definition) is 8. The SMILES string of the molecule is CCCCCCCC/C=C\CCCCCCCCCCCC(=O)O[C@H](COC(=O)CCCCCCC/C=C\CC1OC1CCCCC)COP(=O)(O)OCC[N+](C)(C)C. The smallest absolute Gasteiger partial charge is 0.462 e. The van der Waals surface area contributed by atoms with Gasteiger partial charge in [0, 0.05) is 12.8 Å². The maximum Gasteiger partial charge on any atom is 0.472 e. The Morgan fingerprint density at radius 2 is 1.08 bits per heavy atom. The summed E-state index contributed by atoms with van der Waals surface area (Å²) < 4.78 is 40.1. The van der Waals surface area contributed by atoms with Gasteiger partial charge < -0.3 is 23.6 Å². The van der Waals surface area contributed by atoms with Crippen LogP contribution in [-0.4, -0.2) is 87.1 Å². The number of quaternary nitrogens is 1. The number of unbranched alkanes of at least 4 members (excludes halogenated alkanes) is 22. The minimum absolute atomic E-state index is 0.0277. The quantitative estimate of drug-likeness (QED) is 0.0159. The standard InChI is InChI=1S/C48H90NO9P/c1-6-8-10-11-12-13-14-15-16-17-18-19-20-21-22-23-28-31-35-39-48(51)57-44(43-56-59(52,53)55-41-40-49(3,4)5)42-54-47(50)38-34-30-27-25-24-26-29-33-37-46-45(58-46)36-32-9-7-2/h15-16,29,33,44-46H,6-14,17-28,30-32,34-43H2,1-5H3/p+1/b16-15-,33-29-/t44-,45?,46?/m1/s1. The molecule has 1 aliphatic heterocycles. The highest BCUT2D eigenvalue weighted by Gasteiger charge is 2.36. The second-order valence-electron chi connectivity index (χ2n) is 17.9. The van der Waals surface area contributed by atoms with E-state index in [4.69, 9.17) is 23.3 Å². The third kappa shape index (κ3) is 37.9. The Labute approximate surface area is 362 Å². The van der Waals surface area contributed by atoms with Gasteiger partial charge in [0.15, 0.2) is 6.10 Å². The summed E-state index contributed by atoms with van der Waals surface area (Å²) in [6, 6.07) is 0. The average molecular weight is 857 g/mol. The van der Waals surface area contributed by atoms with Gasteiger partial charge in [-0.05, 0) is 64.2 Å². The molecule has 0 spiro atoms. The molecule has 0 bridgehead atoms. The summed E-state index contributed by atoms with van der Waals surface area (Å²) in [5.74, 6) is -0.817. The number of hydrogen-bond donors (Lipinski definition) is 1. The summed E-state index contributed by atoms with van der Waals surface area (Å²) in [6.07, 6.45) is 42.5. The Morgan fingerprint density at radius 1 is 0.610 bits per heavy atom. The maximum atomic E-state index is 12.7. The molecule has 0 aromatic rings. The van der Waals surface area contributed by atoms with E-state index in [9.17, 15) is 19.0 Å². The van der Waals surface area contributed by atoms with Crippen molar-refractivity contribution in [1.82, 2.24) is 0 Å². The van der Waals surface area contributed by atoms with Crippen LogP contribution in [0.15, 0.2) is 24.3 Å². The van der Waals surface area contributed by atoms with Crippen molar-refractivity contribution in [2.45, 2.75) is 225 Å². The lowest BCUT2D eigenvalue weighted by molar-refractivity contribution is -0.870. The molecule has 0 aromatic heterocycles. The highest BCUT2D eigenvalue weighted by molar-refractivity contribution is 7.47. The van der Waals surface area contributed by atoms with Crippen molar-refractivity contribution in [3.63, 3.8) is 0 Å². The van der Waals surface area contributed by atoms with Gasteiger partial charge in [-0.15, -0.1) is 0 Å². The molecule has 3 unspecified atom stereocenters. The van der Waals surface area contributed by atoms with E-state index in [1.165, 1.54) is 109 Å². The Bertz CT molecular complexity index is 1120. The number of likely N-dealkylation sites (N-methyl/N-ethyl adjacent to an activating group) is 1. The van der Waals surface area contributed by atoms with Crippen LogP contribution in [0.5, 0.6) is 0 Å². The van der Waals surface area contributed by atoms with Crippen LogP contribution in [-0.2, 0) is 37.4 Å². The first-order chi connectivity index (χ1) is 28.5. The molecule has 59 heavy (non-hydrogen) atoms. The molecule has 1 fully saturated rings. The summed E-state index contributed by atoms with van der Waals surface area (Å²) in [6.45, 7) is 4.38. The molecule has 10 nitrogen and oxygen atoms in total. The van der Waals surface area contributed by atoms with E-state index in [1.54, 1.807) is 0 Å². The minimum Gasteiger partial charge on any atom is -0.462 e. The van der Waals surface area contributed by atoms with Crippen LogP contribution in [0.1, 0.15) is 206 Å². The van der Waals surface area contributed by atoms with Crippen molar-refractivity contribution in [1.29, 1.82) is 0 Å². The van der Waals surface area contributed by atoms with Crippen LogP contribution >= 0.6 is 7.82 Å². The van der Waals surface area contributed by atoms with Crippen molar-refractivity contribution in [3.8, 4) is 0 Å². The lowest BCUT2D eigenvalue weighted by Gasteiger charge is -2.24. The predicted molar refractivity (Wildman–Crippen MR) is 242 cm³/mol. The molecular formula is C48H91NO9P+. The van der Waals surface area contributed by atoms with Crippen LogP contribution in [0.2, 0.25) is 0 Å². The molecule has 346 valence electrons. The maximum absolute atomic E-state index is 12.7. The van der Waals surface area contributed by atoms with Crippen molar-refractivity contribution in [2.24, 2.45) is 0 Å². The third-order valence-electron chi connectivity index (χ3n) is 10.9. The van der Waals surface area contributed by atoms with Gasteiger partial charge in [-0.3, -0.25) is 18.6 Å². The number of allylic oxidation sites excluding steroid dienone is 3. The van der Waals surface area contributed by atoms with E-state index in [0.29, 0.717) is 29.7 Å². The Hall–Kier alpha value is -1.55. The molecule has 11 heteroatoms. The van der Waals surface area contributed by atoms with Crippen LogP contribution in [0, 0.1) is 0 Å². The number of phosphoric ester groups is 1. The molecule has 0 radical (unpaired) electrons. The van der Waals surface area contributed by atoms with Crippen LogP contribution in [0.4, 0.5) is 0 Å². The zero-order valence-corrected chi connectivity index (χ0v) is 39.6. The number of carbonyl (C=O) groups excluding carboxylic acids is 2.